The second-order valence-corrected chi connectivity index (χ2v) is 11.1. The predicted molar refractivity (Wildman–Crippen MR) is 161 cm³/mol. The largest absolute Gasteiger partial charge is 0.496 e. The number of nitrogens with zero attached hydrogens (tertiary/aromatic N) is 1. The Morgan fingerprint density at radius 2 is 1.59 bits per heavy atom. The van der Waals surface area contributed by atoms with Gasteiger partial charge in [-0.15, -0.1) is 0 Å². The van der Waals surface area contributed by atoms with Gasteiger partial charge in [0.15, 0.2) is 0 Å². The molecule has 0 aromatic heterocycles. The van der Waals surface area contributed by atoms with Gasteiger partial charge in [-0.1, -0.05) is 55.8 Å². The molecule has 0 saturated carbocycles. The molecule has 1 aliphatic heterocycles. The van der Waals surface area contributed by atoms with Gasteiger partial charge in [0, 0.05) is 30.8 Å². The van der Waals surface area contributed by atoms with E-state index in [0.29, 0.717) is 30.0 Å². The van der Waals surface area contributed by atoms with Crippen molar-refractivity contribution in [3.05, 3.63) is 75.8 Å². The number of methoxy groups -OCH3 is 1. The summed E-state index contributed by atoms with van der Waals surface area (Å²) in [6.07, 6.45) is 3.71. The van der Waals surface area contributed by atoms with Crippen molar-refractivity contribution in [3.8, 4) is 28.4 Å². The lowest BCUT2D eigenvalue weighted by Gasteiger charge is -2.18. The van der Waals surface area contributed by atoms with Crippen molar-refractivity contribution in [2.75, 3.05) is 33.4 Å². The van der Waals surface area contributed by atoms with E-state index in [4.69, 9.17) is 25.8 Å². The van der Waals surface area contributed by atoms with Gasteiger partial charge >= 0.3 is 0 Å². The number of hydrogen-bond acceptors (Lipinski definition) is 5. The first-order valence-electron chi connectivity index (χ1n) is 14.1. The maximum absolute atomic E-state index is 6.61. The molecule has 5 nitrogen and oxygen atoms in total. The minimum atomic E-state index is 0.371. The molecule has 0 spiro atoms. The monoisotopic (exact) mass is 550 g/mol. The Labute approximate surface area is 239 Å². The topological polar surface area (TPSA) is 43.0 Å². The Kier molecular flexibility index (Phi) is 10.6. The van der Waals surface area contributed by atoms with Gasteiger partial charge in [0.2, 0.25) is 0 Å². The SMILES string of the molecule is COc1cc(OCc2cccc(-c3cccc(OCCCN4CCCC4)c3C)c2C)c(Cl)cc1CNC(C)C. The number of rotatable bonds is 13. The van der Waals surface area contributed by atoms with Crippen molar-refractivity contribution in [2.45, 2.75) is 66.2 Å². The Morgan fingerprint density at radius 3 is 2.31 bits per heavy atom. The molecule has 39 heavy (non-hydrogen) atoms. The lowest BCUT2D eigenvalue weighted by atomic mass is 9.93. The van der Waals surface area contributed by atoms with Gasteiger partial charge in [-0.3, -0.25) is 0 Å². The number of likely N-dealkylation sites (tertiary alicyclic amines) is 1. The molecule has 0 aliphatic carbocycles. The van der Waals surface area contributed by atoms with Gasteiger partial charge in [-0.05, 0) is 86.1 Å². The van der Waals surface area contributed by atoms with Crippen molar-refractivity contribution >= 4 is 11.6 Å². The molecule has 0 atom stereocenters. The quantitative estimate of drug-likeness (QED) is 0.222. The molecule has 0 amide bonds. The number of hydrogen-bond donors (Lipinski definition) is 1. The van der Waals surface area contributed by atoms with Crippen LogP contribution in [0.4, 0.5) is 0 Å². The first-order valence-corrected chi connectivity index (χ1v) is 14.5. The van der Waals surface area contributed by atoms with E-state index < -0.39 is 0 Å². The van der Waals surface area contributed by atoms with Crippen LogP contribution in [0.2, 0.25) is 5.02 Å². The van der Waals surface area contributed by atoms with Crippen LogP contribution in [0.15, 0.2) is 48.5 Å². The van der Waals surface area contributed by atoms with E-state index in [1.807, 2.05) is 12.1 Å². The van der Waals surface area contributed by atoms with E-state index in [-0.39, 0.29) is 0 Å². The third-order valence-electron chi connectivity index (χ3n) is 7.51. The maximum Gasteiger partial charge on any atom is 0.142 e. The lowest BCUT2D eigenvalue weighted by Crippen LogP contribution is -2.22. The van der Waals surface area contributed by atoms with Crippen LogP contribution in [-0.4, -0.2) is 44.3 Å². The van der Waals surface area contributed by atoms with Crippen LogP contribution in [0.3, 0.4) is 0 Å². The standard InChI is InChI=1S/C33H43ClN2O3/c1-23(2)35-21-27-19-30(34)33(20-32(27)37-5)39-22-26-11-8-12-28(24(26)3)29-13-9-14-31(25(29)4)38-18-10-17-36-15-6-7-16-36/h8-9,11-14,19-20,23,35H,6-7,10,15-18,21-22H2,1-5H3. The van der Waals surface area contributed by atoms with Gasteiger partial charge in [0.1, 0.15) is 23.9 Å². The average molecular weight is 551 g/mol. The third-order valence-corrected chi connectivity index (χ3v) is 7.81. The van der Waals surface area contributed by atoms with E-state index in [1.165, 1.54) is 48.2 Å². The van der Waals surface area contributed by atoms with Crippen LogP contribution in [0, 0.1) is 13.8 Å². The predicted octanol–water partition coefficient (Wildman–Crippen LogP) is 7.57. The van der Waals surface area contributed by atoms with E-state index in [9.17, 15) is 0 Å². The number of ether oxygens (including phenoxy) is 3. The lowest BCUT2D eigenvalue weighted by molar-refractivity contribution is 0.262. The summed E-state index contributed by atoms with van der Waals surface area (Å²) in [4.78, 5) is 2.53. The van der Waals surface area contributed by atoms with Crippen molar-refractivity contribution in [3.63, 3.8) is 0 Å². The highest BCUT2D eigenvalue weighted by molar-refractivity contribution is 6.32. The van der Waals surface area contributed by atoms with E-state index in [1.54, 1.807) is 7.11 Å². The molecule has 0 unspecified atom stereocenters. The first-order chi connectivity index (χ1) is 18.9. The maximum atomic E-state index is 6.61. The van der Waals surface area contributed by atoms with Crippen LogP contribution in [-0.2, 0) is 13.2 Å². The fourth-order valence-corrected chi connectivity index (χ4v) is 5.40. The summed E-state index contributed by atoms with van der Waals surface area (Å²) in [5, 5.41) is 3.99. The summed E-state index contributed by atoms with van der Waals surface area (Å²) in [5.74, 6) is 2.34. The highest BCUT2D eigenvalue weighted by Crippen LogP contribution is 2.36. The zero-order valence-electron chi connectivity index (χ0n) is 24.1. The summed E-state index contributed by atoms with van der Waals surface area (Å²) in [7, 11) is 1.67. The van der Waals surface area contributed by atoms with Gasteiger partial charge in [0.25, 0.3) is 0 Å². The molecule has 0 radical (unpaired) electrons. The van der Waals surface area contributed by atoms with Crippen LogP contribution in [0.5, 0.6) is 17.2 Å². The molecular weight excluding hydrogens is 508 g/mol. The molecule has 3 aromatic carbocycles. The normalized spacial score (nSPS) is 13.7. The van der Waals surface area contributed by atoms with E-state index >= 15 is 0 Å². The van der Waals surface area contributed by atoms with Gasteiger partial charge < -0.3 is 24.4 Å². The molecule has 0 bridgehead atoms. The smallest absolute Gasteiger partial charge is 0.142 e. The number of halogens is 1. The van der Waals surface area contributed by atoms with Crippen LogP contribution in [0.1, 0.15) is 55.4 Å². The summed E-state index contributed by atoms with van der Waals surface area (Å²) >= 11 is 6.61. The van der Waals surface area contributed by atoms with Crippen molar-refractivity contribution in [2.24, 2.45) is 0 Å². The zero-order valence-corrected chi connectivity index (χ0v) is 24.9. The molecule has 4 rings (SSSR count). The van der Waals surface area contributed by atoms with Gasteiger partial charge in [-0.25, -0.2) is 0 Å². The first kappa shape index (κ1) is 29.3. The highest BCUT2D eigenvalue weighted by Gasteiger charge is 2.15. The second kappa shape index (κ2) is 14.1. The summed E-state index contributed by atoms with van der Waals surface area (Å²) in [6.45, 7) is 13.9. The van der Waals surface area contributed by atoms with Crippen molar-refractivity contribution < 1.29 is 14.2 Å². The van der Waals surface area contributed by atoms with E-state index in [0.717, 1.165) is 42.2 Å². The molecule has 1 heterocycles. The summed E-state index contributed by atoms with van der Waals surface area (Å²) < 4.78 is 18.1. The molecule has 3 aromatic rings. The molecule has 1 aliphatic rings. The highest BCUT2D eigenvalue weighted by atomic mass is 35.5. The zero-order chi connectivity index (χ0) is 27.8. The Morgan fingerprint density at radius 1 is 0.872 bits per heavy atom. The van der Waals surface area contributed by atoms with Crippen LogP contribution < -0.4 is 19.5 Å². The fraction of sp³-hybridized carbons (Fsp3) is 0.455. The summed E-state index contributed by atoms with van der Waals surface area (Å²) in [6, 6.07) is 16.9. The molecule has 210 valence electrons. The fourth-order valence-electron chi connectivity index (χ4n) is 5.16. The number of benzene rings is 3. The van der Waals surface area contributed by atoms with E-state index in [2.05, 4.69) is 74.3 Å². The minimum Gasteiger partial charge on any atom is -0.496 e. The van der Waals surface area contributed by atoms with Crippen molar-refractivity contribution in [1.82, 2.24) is 10.2 Å². The molecule has 1 fully saturated rings. The molecule has 1 saturated heterocycles. The average Bonchev–Trinajstić information content (AvgIpc) is 3.44. The van der Waals surface area contributed by atoms with Crippen molar-refractivity contribution in [1.29, 1.82) is 0 Å². The van der Waals surface area contributed by atoms with Gasteiger partial charge in [-0.2, -0.15) is 0 Å². The third kappa shape index (κ3) is 7.69. The Hall–Kier alpha value is -2.73. The van der Waals surface area contributed by atoms with Gasteiger partial charge in [0.05, 0.1) is 18.7 Å². The molecule has 1 N–H and O–H groups in total. The van der Waals surface area contributed by atoms with Crippen LogP contribution in [0.25, 0.3) is 11.1 Å². The molecule has 6 heteroatoms. The minimum absolute atomic E-state index is 0.371. The second-order valence-electron chi connectivity index (χ2n) is 10.7. The Balaban J connectivity index is 1.45. The summed E-state index contributed by atoms with van der Waals surface area (Å²) in [5.41, 5.74) is 6.86. The van der Waals surface area contributed by atoms with Crippen LogP contribution >= 0.6 is 11.6 Å². The molecular formula is C33H43ClN2O3. The number of nitrogens with one attached hydrogen (secondary N) is 1. The Bertz CT molecular complexity index is 1240.